The maximum atomic E-state index is 12.6. The molecule has 3 heteroatoms. The maximum Gasteiger partial charge on any atom is 0.203 e. The summed E-state index contributed by atoms with van der Waals surface area (Å²) in [4.78, 5) is 12.6. The summed E-state index contributed by atoms with van der Waals surface area (Å²) in [7, 11) is 0. The first-order valence-corrected chi connectivity index (χ1v) is 7.15. The SMILES string of the molecule is CCC(Oc1ccc(N)cc1)C(=O)c1ccc(C)c(C)c1. The van der Waals surface area contributed by atoms with E-state index < -0.39 is 6.10 Å². The first kappa shape index (κ1) is 15.1. The highest BCUT2D eigenvalue weighted by Crippen LogP contribution is 2.19. The summed E-state index contributed by atoms with van der Waals surface area (Å²) in [6, 6.07) is 12.9. The van der Waals surface area contributed by atoms with Crippen LogP contribution in [0.25, 0.3) is 0 Å². The van der Waals surface area contributed by atoms with E-state index in [-0.39, 0.29) is 5.78 Å². The van der Waals surface area contributed by atoms with Gasteiger partial charge in [-0.3, -0.25) is 4.79 Å². The Bertz CT molecular complexity index is 632. The number of rotatable bonds is 5. The molecule has 1 unspecified atom stereocenters. The smallest absolute Gasteiger partial charge is 0.203 e. The summed E-state index contributed by atoms with van der Waals surface area (Å²) in [5, 5.41) is 0. The number of anilines is 1. The van der Waals surface area contributed by atoms with Crippen LogP contribution in [0.1, 0.15) is 34.8 Å². The molecule has 0 aromatic heterocycles. The van der Waals surface area contributed by atoms with E-state index in [1.54, 1.807) is 24.3 Å². The molecule has 0 fully saturated rings. The van der Waals surface area contributed by atoms with Gasteiger partial charge in [0.25, 0.3) is 0 Å². The summed E-state index contributed by atoms with van der Waals surface area (Å²) in [5.41, 5.74) is 9.31. The van der Waals surface area contributed by atoms with Gasteiger partial charge in [0, 0.05) is 11.3 Å². The van der Waals surface area contributed by atoms with Crippen molar-refractivity contribution in [2.45, 2.75) is 33.3 Å². The number of hydrogen-bond donors (Lipinski definition) is 1. The average Bonchev–Trinajstić information content (AvgIpc) is 2.49. The molecule has 0 bridgehead atoms. The Labute approximate surface area is 125 Å². The summed E-state index contributed by atoms with van der Waals surface area (Å²) in [6.07, 6.45) is 0.145. The monoisotopic (exact) mass is 283 g/mol. The third kappa shape index (κ3) is 3.63. The number of Topliss-reactive ketones (excluding diaryl/α,β-unsaturated/α-hetero) is 1. The van der Waals surface area contributed by atoms with Crippen LogP contribution < -0.4 is 10.5 Å². The zero-order chi connectivity index (χ0) is 15.4. The van der Waals surface area contributed by atoms with Gasteiger partial charge in [-0.1, -0.05) is 19.1 Å². The van der Waals surface area contributed by atoms with E-state index in [1.807, 2.05) is 39.0 Å². The Morgan fingerprint density at radius 2 is 1.76 bits per heavy atom. The van der Waals surface area contributed by atoms with Crippen LogP contribution in [-0.2, 0) is 0 Å². The van der Waals surface area contributed by atoms with E-state index in [9.17, 15) is 4.79 Å². The number of carbonyl (C=O) groups is 1. The van der Waals surface area contributed by atoms with Gasteiger partial charge in [-0.25, -0.2) is 0 Å². The predicted molar refractivity (Wildman–Crippen MR) is 85.8 cm³/mol. The van der Waals surface area contributed by atoms with Crippen molar-refractivity contribution < 1.29 is 9.53 Å². The molecule has 110 valence electrons. The number of aryl methyl sites for hydroxylation is 2. The number of hydrogen-bond acceptors (Lipinski definition) is 3. The van der Waals surface area contributed by atoms with Gasteiger partial charge in [0.1, 0.15) is 5.75 Å². The molecule has 2 N–H and O–H groups in total. The molecular formula is C18H21NO2. The standard InChI is InChI=1S/C18H21NO2/c1-4-17(21-16-9-7-15(19)8-10-16)18(20)14-6-5-12(2)13(3)11-14/h5-11,17H,4,19H2,1-3H3. The van der Waals surface area contributed by atoms with E-state index in [2.05, 4.69) is 0 Å². The molecule has 0 spiro atoms. The summed E-state index contributed by atoms with van der Waals surface area (Å²) in [5.74, 6) is 0.672. The summed E-state index contributed by atoms with van der Waals surface area (Å²) < 4.78 is 5.80. The van der Waals surface area contributed by atoms with E-state index in [4.69, 9.17) is 10.5 Å². The Kier molecular flexibility index (Phi) is 4.63. The van der Waals surface area contributed by atoms with E-state index >= 15 is 0 Å². The van der Waals surface area contributed by atoms with Gasteiger partial charge >= 0.3 is 0 Å². The van der Waals surface area contributed by atoms with Gasteiger partial charge in [0.2, 0.25) is 5.78 Å². The van der Waals surface area contributed by atoms with E-state index in [1.165, 1.54) is 5.56 Å². The van der Waals surface area contributed by atoms with Crippen molar-refractivity contribution in [2.24, 2.45) is 0 Å². The molecule has 1 atom stereocenters. The van der Waals surface area contributed by atoms with Gasteiger partial charge in [0.05, 0.1) is 0 Å². The van der Waals surface area contributed by atoms with Crippen LogP contribution in [0.3, 0.4) is 0 Å². The largest absolute Gasteiger partial charge is 0.482 e. The van der Waals surface area contributed by atoms with E-state index in [0.717, 1.165) is 5.56 Å². The third-order valence-corrected chi connectivity index (χ3v) is 3.61. The minimum atomic E-state index is -0.476. The Hall–Kier alpha value is -2.29. The normalized spacial score (nSPS) is 12.0. The molecule has 0 saturated carbocycles. The van der Waals surface area contributed by atoms with Crippen molar-refractivity contribution in [3.8, 4) is 5.75 Å². The Balaban J connectivity index is 2.18. The summed E-state index contributed by atoms with van der Waals surface area (Å²) >= 11 is 0. The highest BCUT2D eigenvalue weighted by Gasteiger charge is 2.20. The van der Waals surface area contributed by atoms with Crippen molar-refractivity contribution in [1.29, 1.82) is 0 Å². The second-order valence-electron chi connectivity index (χ2n) is 5.25. The van der Waals surface area contributed by atoms with Gasteiger partial charge < -0.3 is 10.5 Å². The van der Waals surface area contributed by atoms with Gasteiger partial charge in [0.15, 0.2) is 6.10 Å². The van der Waals surface area contributed by atoms with Crippen LogP contribution in [0, 0.1) is 13.8 Å². The maximum absolute atomic E-state index is 12.6. The minimum Gasteiger partial charge on any atom is -0.482 e. The van der Waals surface area contributed by atoms with Crippen LogP contribution in [-0.4, -0.2) is 11.9 Å². The lowest BCUT2D eigenvalue weighted by Crippen LogP contribution is -2.26. The van der Waals surface area contributed by atoms with Crippen LogP contribution in [0.15, 0.2) is 42.5 Å². The Morgan fingerprint density at radius 1 is 1.10 bits per heavy atom. The van der Waals surface area contributed by atoms with Crippen LogP contribution in [0.5, 0.6) is 5.75 Å². The van der Waals surface area contributed by atoms with Crippen molar-refractivity contribution in [3.05, 3.63) is 59.2 Å². The van der Waals surface area contributed by atoms with Crippen LogP contribution in [0.4, 0.5) is 5.69 Å². The summed E-state index contributed by atoms with van der Waals surface area (Å²) in [6.45, 7) is 5.99. The number of nitrogens with two attached hydrogens (primary N) is 1. The molecule has 2 aromatic carbocycles. The van der Waals surface area contributed by atoms with Gasteiger partial charge in [-0.15, -0.1) is 0 Å². The molecule has 2 aromatic rings. The molecule has 0 heterocycles. The van der Waals surface area contributed by atoms with E-state index in [0.29, 0.717) is 23.4 Å². The van der Waals surface area contributed by atoms with Gasteiger partial charge in [-0.2, -0.15) is 0 Å². The fraction of sp³-hybridized carbons (Fsp3) is 0.278. The predicted octanol–water partition coefficient (Wildman–Crippen LogP) is 3.93. The molecule has 2 rings (SSSR count). The number of ketones is 1. The first-order chi connectivity index (χ1) is 10.0. The molecule has 0 aliphatic heterocycles. The lowest BCUT2D eigenvalue weighted by atomic mass is 10.00. The molecule has 0 saturated heterocycles. The molecule has 21 heavy (non-hydrogen) atoms. The third-order valence-electron chi connectivity index (χ3n) is 3.61. The first-order valence-electron chi connectivity index (χ1n) is 7.15. The van der Waals surface area contributed by atoms with Crippen molar-refractivity contribution >= 4 is 11.5 Å². The lowest BCUT2D eigenvalue weighted by molar-refractivity contribution is 0.0786. The molecule has 0 radical (unpaired) electrons. The number of nitrogen functional groups attached to an aromatic ring is 1. The highest BCUT2D eigenvalue weighted by atomic mass is 16.5. The quantitative estimate of drug-likeness (QED) is 0.668. The molecule has 3 nitrogen and oxygen atoms in total. The topological polar surface area (TPSA) is 52.3 Å². The number of ether oxygens (including phenoxy) is 1. The highest BCUT2D eigenvalue weighted by molar-refractivity contribution is 5.99. The lowest BCUT2D eigenvalue weighted by Gasteiger charge is -2.17. The zero-order valence-corrected chi connectivity index (χ0v) is 12.7. The second kappa shape index (κ2) is 6.44. The molecule has 0 aliphatic carbocycles. The second-order valence-corrected chi connectivity index (χ2v) is 5.25. The molecular weight excluding hydrogens is 262 g/mol. The zero-order valence-electron chi connectivity index (χ0n) is 12.7. The fourth-order valence-electron chi connectivity index (χ4n) is 2.11. The van der Waals surface area contributed by atoms with Crippen LogP contribution in [0.2, 0.25) is 0 Å². The number of benzene rings is 2. The molecule has 0 aliphatic rings. The number of carbonyl (C=O) groups excluding carboxylic acids is 1. The van der Waals surface area contributed by atoms with Crippen molar-refractivity contribution in [2.75, 3.05) is 5.73 Å². The van der Waals surface area contributed by atoms with Crippen LogP contribution >= 0.6 is 0 Å². The molecule has 0 amide bonds. The van der Waals surface area contributed by atoms with Crippen molar-refractivity contribution in [1.82, 2.24) is 0 Å². The minimum absolute atomic E-state index is 0.0115. The Morgan fingerprint density at radius 3 is 2.33 bits per heavy atom. The average molecular weight is 283 g/mol. The fourth-order valence-corrected chi connectivity index (χ4v) is 2.11. The van der Waals surface area contributed by atoms with Gasteiger partial charge in [-0.05, 0) is 61.7 Å². The van der Waals surface area contributed by atoms with Crippen molar-refractivity contribution in [3.63, 3.8) is 0 Å².